The lowest BCUT2D eigenvalue weighted by Gasteiger charge is -2.35. The molecule has 2 aromatic carbocycles. The minimum absolute atomic E-state index is 0. The van der Waals surface area contributed by atoms with Crippen molar-refractivity contribution in [3.63, 3.8) is 0 Å². The number of benzene rings is 2. The number of hydrogen-bond donors (Lipinski definition) is 2. The molecule has 0 spiro atoms. The molecule has 0 bridgehead atoms. The summed E-state index contributed by atoms with van der Waals surface area (Å²) in [6, 6.07) is 17.7. The first-order valence-electron chi connectivity index (χ1n) is 8.61. The van der Waals surface area contributed by atoms with E-state index in [4.69, 9.17) is 5.73 Å². The van der Waals surface area contributed by atoms with Crippen LogP contribution in [0.2, 0.25) is 0 Å². The van der Waals surface area contributed by atoms with Crippen molar-refractivity contribution in [1.29, 1.82) is 0 Å². The van der Waals surface area contributed by atoms with Crippen molar-refractivity contribution in [3.05, 3.63) is 60.2 Å². The monoisotopic (exact) mass is 359 g/mol. The van der Waals surface area contributed by atoms with Crippen LogP contribution in [0.3, 0.4) is 0 Å². The van der Waals surface area contributed by atoms with Crippen LogP contribution in [0.5, 0.6) is 0 Å². The minimum Gasteiger partial charge on any atom is -0.355 e. The molecule has 2 unspecified atom stereocenters. The predicted molar refractivity (Wildman–Crippen MR) is 106 cm³/mol. The molecule has 1 heterocycles. The number of para-hydroxylation sites is 2. The smallest absolute Gasteiger partial charge is 0.255 e. The Labute approximate surface area is 155 Å². The van der Waals surface area contributed by atoms with Crippen molar-refractivity contribution in [3.8, 4) is 0 Å². The molecule has 1 fully saturated rings. The quantitative estimate of drug-likeness (QED) is 0.865. The number of halogens is 1. The van der Waals surface area contributed by atoms with Gasteiger partial charge in [0.2, 0.25) is 0 Å². The number of nitrogens with two attached hydrogens (primary N) is 1. The Morgan fingerprint density at radius 2 is 1.84 bits per heavy atom. The summed E-state index contributed by atoms with van der Waals surface area (Å²) in [6.07, 6.45) is 2.12. The molecule has 3 rings (SSSR count). The van der Waals surface area contributed by atoms with Gasteiger partial charge < -0.3 is 16.0 Å². The summed E-state index contributed by atoms with van der Waals surface area (Å²) in [5, 5.41) is 3.35. The molecule has 1 amide bonds. The lowest BCUT2D eigenvalue weighted by molar-refractivity contribution is 0.0662. The van der Waals surface area contributed by atoms with Gasteiger partial charge in [0.05, 0.1) is 11.3 Å². The van der Waals surface area contributed by atoms with E-state index in [9.17, 15) is 4.79 Å². The zero-order valence-electron chi connectivity index (χ0n) is 14.5. The van der Waals surface area contributed by atoms with E-state index in [1.54, 1.807) is 0 Å². The number of anilines is 2. The van der Waals surface area contributed by atoms with E-state index in [1.807, 2.05) is 66.4 Å². The molecule has 0 radical (unpaired) electrons. The normalized spacial score (nSPS) is 18.2. The van der Waals surface area contributed by atoms with Crippen LogP contribution in [0.25, 0.3) is 0 Å². The van der Waals surface area contributed by atoms with Crippen molar-refractivity contribution in [2.24, 2.45) is 11.7 Å². The highest BCUT2D eigenvalue weighted by molar-refractivity contribution is 6.00. The fourth-order valence-corrected chi connectivity index (χ4v) is 3.25. The van der Waals surface area contributed by atoms with Crippen LogP contribution in [0.15, 0.2) is 54.6 Å². The van der Waals surface area contributed by atoms with Crippen LogP contribution in [0.1, 0.15) is 30.1 Å². The van der Waals surface area contributed by atoms with Gasteiger partial charge in [0.15, 0.2) is 0 Å². The zero-order valence-corrected chi connectivity index (χ0v) is 15.3. The molecule has 0 aromatic heterocycles. The first-order chi connectivity index (χ1) is 11.6. The van der Waals surface area contributed by atoms with Crippen LogP contribution in [-0.4, -0.2) is 29.9 Å². The topological polar surface area (TPSA) is 58.4 Å². The highest BCUT2D eigenvalue weighted by atomic mass is 35.5. The lowest BCUT2D eigenvalue weighted by Crippen LogP contribution is -2.45. The van der Waals surface area contributed by atoms with E-state index in [-0.39, 0.29) is 24.4 Å². The van der Waals surface area contributed by atoms with Crippen molar-refractivity contribution in [1.82, 2.24) is 4.90 Å². The lowest BCUT2D eigenvalue weighted by atomic mass is 9.91. The van der Waals surface area contributed by atoms with Gasteiger partial charge in [0, 0.05) is 24.8 Å². The van der Waals surface area contributed by atoms with E-state index >= 15 is 0 Å². The summed E-state index contributed by atoms with van der Waals surface area (Å²) in [5.74, 6) is 0.469. The number of nitrogens with one attached hydrogen (secondary N) is 1. The van der Waals surface area contributed by atoms with E-state index in [1.165, 1.54) is 0 Å². The molecule has 1 aliphatic heterocycles. The molecule has 3 N–H and O–H groups in total. The largest absolute Gasteiger partial charge is 0.355 e. The highest BCUT2D eigenvalue weighted by Gasteiger charge is 2.27. The molecule has 1 saturated heterocycles. The molecule has 2 atom stereocenters. The molecule has 25 heavy (non-hydrogen) atoms. The number of rotatable bonds is 4. The van der Waals surface area contributed by atoms with Crippen LogP contribution < -0.4 is 11.1 Å². The SMILES string of the molecule is CC(N)C1CCCN(C(=O)c2ccccc2Nc2ccccc2)C1.Cl. The fourth-order valence-electron chi connectivity index (χ4n) is 3.25. The fraction of sp³-hybridized carbons (Fsp3) is 0.350. The van der Waals surface area contributed by atoms with Gasteiger partial charge in [-0.3, -0.25) is 4.79 Å². The van der Waals surface area contributed by atoms with Crippen molar-refractivity contribution in [2.45, 2.75) is 25.8 Å². The summed E-state index contributed by atoms with van der Waals surface area (Å²) in [6.45, 7) is 3.58. The summed E-state index contributed by atoms with van der Waals surface area (Å²) in [5.41, 5.74) is 8.59. The van der Waals surface area contributed by atoms with E-state index in [0.29, 0.717) is 11.5 Å². The molecule has 134 valence electrons. The Hall–Kier alpha value is -2.04. The zero-order chi connectivity index (χ0) is 16.9. The molecule has 2 aromatic rings. The molecule has 1 aliphatic rings. The van der Waals surface area contributed by atoms with Gasteiger partial charge in [-0.05, 0) is 49.9 Å². The Bertz CT molecular complexity index is 690. The first-order valence-corrected chi connectivity index (χ1v) is 8.61. The van der Waals surface area contributed by atoms with Gasteiger partial charge in [-0.1, -0.05) is 30.3 Å². The standard InChI is InChI=1S/C20H25N3O.ClH/c1-15(21)16-8-7-13-23(14-16)20(24)18-11-5-6-12-19(18)22-17-9-3-2-4-10-17;/h2-6,9-12,15-16,22H,7-8,13-14,21H2,1H3;1H. The van der Waals surface area contributed by atoms with Crippen LogP contribution >= 0.6 is 12.4 Å². The molecule has 0 saturated carbocycles. The van der Waals surface area contributed by atoms with Gasteiger partial charge in [-0.15, -0.1) is 12.4 Å². The Kier molecular flexibility index (Phi) is 6.85. The Morgan fingerprint density at radius 3 is 2.56 bits per heavy atom. The number of carbonyl (C=O) groups is 1. The number of nitrogens with zero attached hydrogens (tertiary/aromatic N) is 1. The molecule has 4 nitrogen and oxygen atoms in total. The maximum Gasteiger partial charge on any atom is 0.255 e. The average Bonchev–Trinajstić information content (AvgIpc) is 2.62. The third kappa shape index (κ3) is 4.74. The van der Waals surface area contributed by atoms with Crippen LogP contribution in [-0.2, 0) is 0 Å². The van der Waals surface area contributed by atoms with Gasteiger partial charge in [-0.2, -0.15) is 0 Å². The maximum absolute atomic E-state index is 13.0. The summed E-state index contributed by atoms with van der Waals surface area (Å²) in [4.78, 5) is 15.0. The predicted octanol–water partition coefficient (Wildman–Crippen LogP) is 4.05. The maximum atomic E-state index is 13.0. The first kappa shape index (κ1) is 19.3. The van der Waals surface area contributed by atoms with Crippen molar-refractivity contribution >= 4 is 29.7 Å². The average molecular weight is 360 g/mol. The second kappa shape index (κ2) is 8.88. The van der Waals surface area contributed by atoms with E-state index in [2.05, 4.69) is 5.32 Å². The molecular formula is C20H26ClN3O. The second-order valence-electron chi connectivity index (χ2n) is 6.55. The van der Waals surface area contributed by atoms with Gasteiger partial charge in [0.1, 0.15) is 0 Å². The number of piperidine rings is 1. The number of likely N-dealkylation sites (tertiary alicyclic amines) is 1. The minimum atomic E-state index is 0. The summed E-state index contributed by atoms with van der Waals surface area (Å²) < 4.78 is 0. The highest BCUT2D eigenvalue weighted by Crippen LogP contribution is 2.25. The van der Waals surface area contributed by atoms with E-state index in [0.717, 1.165) is 37.3 Å². The van der Waals surface area contributed by atoms with Gasteiger partial charge in [-0.25, -0.2) is 0 Å². The Morgan fingerprint density at radius 1 is 1.16 bits per heavy atom. The Balaban J connectivity index is 0.00000225. The summed E-state index contributed by atoms with van der Waals surface area (Å²) in [7, 11) is 0. The third-order valence-corrected chi connectivity index (χ3v) is 4.70. The molecule has 0 aliphatic carbocycles. The summed E-state index contributed by atoms with van der Waals surface area (Å²) >= 11 is 0. The van der Waals surface area contributed by atoms with Crippen LogP contribution in [0, 0.1) is 5.92 Å². The third-order valence-electron chi connectivity index (χ3n) is 4.70. The number of hydrogen-bond acceptors (Lipinski definition) is 3. The van der Waals surface area contributed by atoms with Crippen LogP contribution in [0.4, 0.5) is 11.4 Å². The van der Waals surface area contributed by atoms with Crippen molar-refractivity contribution in [2.75, 3.05) is 18.4 Å². The van der Waals surface area contributed by atoms with Gasteiger partial charge >= 0.3 is 0 Å². The van der Waals surface area contributed by atoms with E-state index < -0.39 is 0 Å². The van der Waals surface area contributed by atoms with Crippen molar-refractivity contribution < 1.29 is 4.79 Å². The van der Waals surface area contributed by atoms with Gasteiger partial charge in [0.25, 0.3) is 5.91 Å². The molecule has 5 heteroatoms. The number of amides is 1. The second-order valence-corrected chi connectivity index (χ2v) is 6.55. The number of carbonyl (C=O) groups excluding carboxylic acids is 1. The molecular weight excluding hydrogens is 334 g/mol.